The van der Waals surface area contributed by atoms with Crippen molar-refractivity contribution in [1.82, 2.24) is 10.3 Å². The fourth-order valence-corrected chi connectivity index (χ4v) is 2.40. The summed E-state index contributed by atoms with van der Waals surface area (Å²) >= 11 is 1.30. The second kappa shape index (κ2) is 4.85. The third kappa shape index (κ3) is 2.37. The van der Waals surface area contributed by atoms with Crippen LogP contribution in [0.1, 0.15) is 5.56 Å². The molecule has 1 aliphatic rings. The quantitative estimate of drug-likeness (QED) is 0.649. The minimum Gasteiger partial charge on any atom is -0.361 e. The third-order valence-corrected chi connectivity index (χ3v) is 3.50. The third-order valence-electron chi connectivity index (χ3n) is 2.63. The Morgan fingerprint density at radius 1 is 1.37 bits per heavy atom. The van der Waals surface area contributed by atoms with E-state index in [1.165, 1.54) is 24.0 Å². The maximum Gasteiger partial charge on any atom is 0.236 e. The van der Waals surface area contributed by atoms with Crippen LogP contribution in [0, 0.1) is 5.82 Å². The number of hydrogen-bond donors (Lipinski definition) is 2. The SMILES string of the molecule is O=C1CSC(=NN=Cc2ccc(F)c3cc[nH]c23)N1. The predicted octanol–water partition coefficient (Wildman–Crippen LogP) is 1.86. The van der Waals surface area contributed by atoms with E-state index in [2.05, 4.69) is 20.5 Å². The van der Waals surface area contributed by atoms with Gasteiger partial charge in [-0.15, -0.1) is 5.10 Å². The maximum absolute atomic E-state index is 13.5. The number of benzene rings is 1. The van der Waals surface area contributed by atoms with Gasteiger partial charge in [-0.2, -0.15) is 5.10 Å². The number of amidine groups is 1. The zero-order valence-electron chi connectivity index (χ0n) is 9.68. The zero-order valence-corrected chi connectivity index (χ0v) is 10.5. The Hall–Kier alpha value is -2.15. The van der Waals surface area contributed by atoms with Gasteiger partial charge in [0, 0.05) is 17.1 Å². The number of aromatic amines is 1. The highest BCUT2D eigenvalue weighted by molar-refractivity contribution is 8.15. The lowest BCUT2D eigenvalue weighted by atomic mass is 10.1. The lowest BCUT2D eigenvalue weighted by Gasteiger charge is -1.97. The van der Waals surface area contributed by atoms with Crippen LogP contribution in [0.3, 0.4) is 0 Å². The molecule has 1 fully saturated rings. The van der Waals surface area contributed by atoms with Crippen molar-refractivity contribution in [2.24, 2.45) is 10.2 Å². The number of amides is 1. The maximum atomic E-state index is 13.5. The molecule has 2 aromatic rings. The van der Waals surface area contributed by atoms with Gasteiger partial charge in [0.25, 0.3) is 0 Å². The Kier molecular flexibility index (Phi) is 3.04. The first kappa shape index (κ1) is 11.9. The van der Waals surface area contributed by atoms with Gasteiger partial charge in [-0.05, 0) is 18.2 Å². The summed E-state index contributed by atoms with van der Waals surface area (Å²) in [5.74, 6) is 0.0111. The van der Waals surface area contributed by atoms with Crippen LogP contribution in [0.2, 0.25) is 0 Å². The molecule has 0 radical (unpaired) electrons. The highest BCUT2D eigenvalue weighted by Crippen LogP contribution is 2.19. The molecule has 0 bridgehead atoms. The average molecular weight is 276 g/mol. The number of halogens is 1. The average Bonchev–Trinajstić information content (AvgIpc) is 3.02. The van der Waals surface area contributed by atoms with Crippen LogP contribution in [-0.2, 0) is 4.79 Å². The van der Waals surface area contributed by atoms with Crippen LogP contribution in [0.25, 0.3) is 10.9 Å². The molecule has 5 nitrogen and oxygen atoms in total. The molecular formula is C12H9FN4OS. The minimum atomic E-state index is -0.279. The summed E-state index contributed by atoms with van der Waals surface area (Å²) in [6.45, 7) is 0. The van der Waals surface area contributed by atoms with Crippen LogP contribution in [0.4, 0.5) is 4.39 Å². The largest absolute Gasteiger partial charge is 0.361 e. The number of fused-ring (bicyclic) bond motifs is 1. The summed E-state index contributed by atoms with van der Waals surface area (Å²) in [6, 6.07) is 4.68. The van der Waals surface area contributed by atoms with Crippen LogP contribution >= 0.6 is 11.8 Å². The molecule has 0 atom stereocenters. The number of aromatic nitrogens is 1. The van der Waals surface area contributed by atoms with Crippen molar-refractivity contribution in [3.63, 3.8) is 0 Å². The normalized spacial score (nSPS) is 17.7. The van der Waals surface area contributed by atoms with Crippen LogP contribution in [0.5, 0.6) is 0 Å². The number of nitrogens with zero attached hydrogens (tertiary/aromatic N) is 2. The van der Waals surface area contributed by atoms with Gasteiger partial charge in [0.1, 0.15) is 5.82 Å². The number of nitrogens with one attached hydrogen (secondary N) is 2. The van der Waals surface area contributed by atoms with Gasteiger partial charge in [0.05, 0.1) is 17.5 Å². The van der Waals surface area contributed by atoms with Crippen molar-refractivity contribution in [2.75, 3.05) is 5.75 Å². The van der Waals surface area contributed by atoms with Crippen molar-refractivity contribution in [1.29, 1.82) is 0 Å². The van der Waals surface area contributed by atoms with Crippen LogP contribution in [-0.4, -0.2) is 28.0 Å². The van der Waals surface area contributed by atoms with Gasteiger partial charge in [-0.3, -0.25) is 4.79 Å². The van der Waals surface area contributed by atoms with E-state index < -0.39 is 0 Å². The van der Waals surface area contributed by atoms with E-state index in [4.69, 9.17) is 0 Å². The molecule has 0 unspecified atom stereocenters. The number of hydrogen-bond acceptors (Lipinski definition) is 4. The Labute approximate surface area is 112 Å². The van der Waals surface area contributed by atoms with Gasteiger partial charge in [0.2, 0.25) is 5.91 Å². The summed E-state index contributed by atoms with van der Waals surface area (Å²) in [6.07, 6.45) is 3.19. The summed E-state index contributed by atoms with van der Waals surface area (Å²) in [4.78, 5) is 13.9. The minimum absolute atomic E-state index is 0.0764. The van der Waals surface area contributed by atoms with Crippen molar-refractivity contribution in [3.8, 4) is 0 Å². The number of carbonyl (C=O) groups is 1. The molecule has 2 heterocycles. The first-order chi connectivity index (χ1) is 9.24. The number of rotatable bonds is 2. The van der Waals surface area contributed by atoms with E-state index in [-0.39, 0.29) is 11.7 Å². The van der Waals surface area contributed by atoms with Gasteiger partial charge < -0.3 is 10.3 Å². The molecular weight excluding hydrogens is 267 g/mol. The molecule has 0 saturated carbocycles. The van der Waals surface area contributed by atoms with Gasteiger partial charge >= 0.3 is 0 Å². The molecule has 2 N–H and O–H groups in total. The summed E-state index contributed by atoms with van der Waals surface area (Å²) in [5.41, 5.74) is 1.41. The second-order valence-electron chi connectivity index (χ2n) is 3.89. The monoisotopic (exact) mass is 276 g/mol. The molecule has 19 heavy (non-hydrogen) atoms. The number of carbonyl (C=O) groups excluding carboxylic acids is 1. The van der Waals surface area contributed by atoms with Crippen molar-refractivity contribution >= 4 is 40.0 Å². The van der Waals surface area contributed by atoms with E-state index >= 15 is 0 Å². The topological polar surface area (TPSA) is 69.6 Å². The fraction of sp³-hybridized carbons (Fsp3) is 0.0833. The second-order valence-corrected chi connectivity index (χ2v) is 4.85. The summed E-state index contributed by atoms with van der Waals surface area (Å²) in [7, 11) is 0. The molecule has 0 spiro atoms. The van der Waals surface area contributed by atoms with Gasteiger partial charge in [0.15, 0.2) is 5.17 Å². The predicted molar refractivity (Wildman–Crippen MR) is 73.9 cm³/mol. The highest BCUT2D eigenvalue weighted by Gasteiger charge is 2.15. The molecule has 1 amide bonds. The molecule has 1 saturated heterocycles. The first-order valence-electron chi connectivity index (χ1n) is 5.53. The first-order valence-corrected chi connectivity index (χ1v) is 6.52. The van der Waals surface area contributed by atoms with Crippen molar-refractivity contribution < 1.29 is 9.18 Å². The van der Waals surface area contributed by atoms with Gasteiger partial charge in [-0.1, -0.05) is 11.8 Å². The Bertz CT molecular complexity index is 707. The standard InChI is InChI=1S/C12H9FN4OS/c13-9-2-1-7(11-8(9)3-4-14-11)5-15-17-12-16-10(18)6-19-12/h1-5,14H,6H2,(H,16,17,18). The fourth-order valence-electron chi connectivity index (χ4n) is 1.77. The van der Waals surface area contributed by atoms with E-state index in [1.54, 1.807) is 18.3 Å². The lowest BCUT2D eigenvalue weighted by Crippen LogP contribution is -2.19. The summed E-state index contributed by atoms with van der Waals surface area (Å²) in [5, 5.41) is 11.4. The molecule has 1 aromatic carbocycles. The molecule has 3 rings (SSSR count). The summed E-state index contributed by atoms with van der Waals surface area (Å²) < 4.78 is 13.5. The van der Waals surface area contributed by atoms with Crippen LogP contribution < -0.4 is 5.32 Å². The van der Waals surface area contributed by atoms with Gasteiger partial charge in [-0.25, -0.2) is 4.39 Å². The Balaban J connectivity index is 1.87. The van der Waals surface area contributed by atoms with E-state index in [1.807, 2.05) is 0 Å². The molecule has 1 aliphatic heterocycles. The zero-order chi connectivity index (χ0) is 13.2. The lowest BCUT2D eigenvalue weighted by molar-refractivity contribution is -0.116. The van der Waals surface area contributed by atoms with Crippen molar-refractivity contribution in [3.05, 3.63) is 35.8 Å². The molecule has 0 aliphatic carbocycles. The van der Waals surface area contributed by atoms with E-state index in [9.17, 15) is 9.18 Å². The smallest absolute Gasteiger partial charge is 0.236 e. The Morgan fingerprint density at radius 3 is 3.05 bits per heavy atom. The Morgan fingerprint density at radius 2 is 2.26 bits per heavy atom. The molecule has 1 aromatic heterocycles. The number of thioether (sulfide) groups is 1. The molecule has 96 valence electrons. The number of H-pyrrole nitrogens is 1. The molecule has 7 heteroatoms. The van der Waals surface area contributed by atoms with E-state index in [0.29, 0.717) is 21.8 Å². The highest BCUT2D eigenvalue weighted by atomic mass is 32.2. The van der Waals surface area contributed by atoms with Crippen molar-refractivity contribution in [2.45, 2.75) is 0 Å². The van der Waals surface area contributed by atoms with E-state index in [0.717, 1.165) is 5.56 Å². The van der Waals surface area contributed by atoms with Crippen LogP contribution in [0.15, 0.2) is 34.6 Å².